The third-order valence-electron chi connectivity index (χ3n) is 3.62. The van der Waals surface area contributed by atoms with E-state index < -0.39 is 12.1 Å². The van der Waals surface area contributed by atoms with Gasteiger partial charge in [0, 0.05) is 7.11 Å². The van der Waals surface area contributed by atoms with Gasteiger partial charge in [-0.1, -0.05) is 17.3 Å². The minimum atomic E-state index is -0.965. The summed E-state index contributed by atoms with van der Waals surface area (Å²) < 4.78 is 20.3. The molecule has 0 spiro atoms. The normalized spacial score (nSPS) is 16.3. The van der Waals surface area contributed by atoms with Crippen LogP contribution in [0.5, 0.6) is 5.75 Å². The van der Waals surface area contributed by atoms with E-state index in [9.17, 15) is 9.59 Å². The molecule has 1 aromatic carbocycles. The van der Waals surface area contributed by atoms with E-state index in [4.69, 9.17) is 14.0 Å². The lowest BCUT2D eigenvalue weighted by Gasteiger charge is -2.33. The Morgan fingerprint density at radius 3 is 2.88 bits per heavy atom. The number of esters is 1. The highest BCUT2D eigenvalue weighted by atomic mass is 16.5. The van der Waals surface area contributed by atoms with E-state index in [0.29, 0.717) is 23.2 Å². The van der Waals surface area contributed by atoms with Crippen molar-refractivity contribution in [2.24, 2.45) is 0 Å². The highest BCUT2D eigenvalue weighted by Gasteiger charge is 2.36. The first-order valence-electron chi connectivity index (χ1n) is 7.56. The molecule has 2 heterocycles. The summed E-state index contributed by atoms with van der Waals surface area (Å²) >= 11 is 0. The molecule has 132 valence electrons. The summed E-state index contributed by atoms with van der Waals surface area (Å²) in [6.45, 7) is 0.274. The van der Waals surface area contributed by atoms with Crippen LogP contribution in [0.3, 0.4) is 0 Å². The van der Waals surface area contributed by atoms with Crippen molar-refractivity contribution in [3.63, 3.8) is 0 Å². The van der Waals surface area contributed by atoms with Gasteiger partial charge in [-0.2, -0.15) is 4.98 Å². The molecule has 9 nitrogen and oxygen atoms in total. The molecule has 25 heavy (non-hydrogen) atoms. The predicted octanol–water partition coefficient (Wildman–Crippen LogP) is 1.07. The molecular weight excluding hydrogens is 330 g/mol. The fourth-order valence-electron chi connectivity index (χ4n) is 2.48. The molecule has 3 rings (SSSR count). The number of methoxy groups -OCH3 is 2. The zero-order chi connectivity index (χ0) is 17.8. The number of rotatable bonds is 6. The Morgan fingerprint density at radius 1 is 1.32 bits per heavy atom. The number of carbonyl (C=O) groups excluding carboxylic acids is 2. The van der Waals surface area contributed by atoms with Crippen molar-refractivity contribution < 1.29 is 28.3 Å². The van der Waals surface area contributed by atoms with E-state index in [1.54, 1.807) is 24.3 Å². The molecule has 9 heteroatoms. The Hall–Kier alpha value is -2.94. The standard InChI is InChI=1S/C16H17N3O6/c1-22-9-14-17-13(18-25-14)8-19-10-5-3-4-6-11(10)24-12(16(19)21)7-15(20)23-2/h3-6,12H,7-9H2,1-2H3. The Bertz CT molecular complexity index is 775. The van der Waals surface area contributed by atoms with Crippen molar-refractivity contribution in [2.75, 3.05) is 19.1 Å². The Kier molecular flexibility index (Phi) is 4.94. The molecule has 0 fully saturated rings. The lowest BCUT2D eigenvalue weighted by Crippen LogP contribution is -2.46. The van der Waals surface area contributed by atoms with Crippen molar-refractivity contribution in [1.29, 1.82) is 0 Å². The molecule has 1 unspecified atom stereocenters. The second-order valence-corrected chi connectivity index (χ2v) is 5.32. The van der Waals surface area contributed by atoms with Crippen LogP contribution in [0.2, 0.25) is 0 Å². The van der Waals surface area contributed by atoms with E-state index in [1.165, 1.54) is 19.1 Å². The van der Waals surface area contributed by atoms with Gasteiger partial charge in [-0.05, 0) is 12.1 Å². The molecule has 0 aliphatic carbocycles. The van der Waals surface area contributed by atoms with Crippen LogP contribution in [-0.4, -0.2) is 42.3 Å². The summed E-state index contributed by atoms with van der Waals surface area (Å²) in [5.41, 5.74) is 0.576. The number of nitrogens with zero attached hydrogens (tertiary/aromatic N) is 3. The summed E-state index contributed by atoms with van der Waals surface area (Å²) in [6, 6.07) is 7.05. The number of hydrogen-bond donors (Lipinski definition) is 0. The number of ether oxygens (including phenoxy) is 3. The monoisotopic (exact) mass is 347 g/mol. The SMILES string of the molecule is COCc1nc(CN2C(=O)C(CC(=O)OC)Oc3ccccc32)no1. The zero-order valence-electron chi connectivity index (χ0n) is 13.8. The summed E-state index contributed by atoms with van der Waals surface area (Å²) in [6.07, 6.45) is -1.14. The first-order chi connectivity index (χ1) is 12.1. The van der Waals surface area contributed by atoms with Gasteiger partial charge in [-0.25, -0.2) is 0 Å². The largest absolute Gasteiger partial charge is 0.478 e. The van der Waals surface area contributed by atoms with E-state index in [2.05, 4.69) is 14.9 Å². The van der Waals surface area contributed by atoms with E-state index >= 15 is 0 Å². The van der Waals surface area contributed by atoms with Crippen molar-refractivity contribution >= 4 is 17.6 Å². The van der Waals surface area contributed by atoms with E-state index in [-0.39, 0.29) is 25.5 Å². The number of hydrogen-bond acceptors (Lipinski definition) is 8. The Labute approximate surface area is 143 Å². The second kappa shape index (κ2) is 7.31. The van der Waals surface area contributed by atoms with Crippen LogP contribution < -0.4 is 9.64 Å². The quantitative estimate of drug-likeness (QED) is 0.715. The first kappa shape index (κ1) is 16.9. The number of anilines is 1. The first-order valence-corrected chi connectivity index (χ1v) is 7.56. The molecule has 1 aliphatic rings. The third-order valence-corrected chi connectivity index (χ3v) is 3.62. The van der Waals surface area contributed by atoms with Crippen molar-refractivity contribution in [3.05, 3.63) is 36.0 Å². The fourth-order valence-corrected chi connectivity index (χ4v) is 2.48. The van der Waals surface area contributed by atoms with Gasteiger partial charge in [0.15, 0.2) is 11.9 Å². The van der Waals surface area contributed by atoms with Crippen LogP contribution in [0.15, 0.2) is 28.8 Å². The minimum absolute atomic E-state index is 0.0874. The van der Waals surface area contributed by atoms with Crippen LogP contribution in [0.4, 0.5) is 5.69 Å². The smallest absolute Gasteiger partial charge is 0.309 e. The lowest BCUT2D eigenvalue weighted by molar-refractivity contribution is -0.145. The molecule has 1 amide bonds. The maximum Gasteiger partial charge on any atom is 0.309 e. The molecule has 1 aromatic heterocycles. The van der Waals surface area contributed by atoms with Crippen LogP contribution >= 0.6 is 0 Å². The zero-order valence-corrected chi connectivity index (χ0v) is 13.8. The van der Waals surface area contributed by atoms with Crippen LogP contribution in [-0.2, 0) is 32.2 Å². The molecule has 2 aromatic rings. The summed E-state index contributed by atoms with van der Waals surface area (Å²) in [5.74, 6) is 0.241. The molecule has 0 N–H and O–H groups in total. The van der Waals surface area contributed by atoms with Gasteiger partial charge in [-0.15, -0.1) is 0 Å². The number of fused-ring (bicyclic) bond motifs is 1. The summed E-state index contributed by atoms with van der Waals surface area (Å²) in [7, 11) is 2.78. The van der Waals surface area contributed by atoms with Crippen molar-refractivity contribution in [1.82, 2.24) is 10.1 Å². The van der Waals surface area contributed by atoms with Crippen molar-refractivity contribution in [2.45, 2.75) is 25.7 Å². The highest BCUT2D eigenvalue weighted by molar-refractivity contribution is 6.01. The van der Waals surface area contributed by atoms with Gasteiger partial charge in [-0.3, -0.25) is 14.5 Å². The highest BCUT2D eigenvalue weighted by Crippen LogP contribution is 2.35. The maximum atomic E-state index is 12.8. The molecule has 1 atom stereocenters. The van der Waals surface area contributed by atoms with Gasteiger partial charge in [0.05, 0.1) is 25.8 Å². The molecule has 0 bridgehead atoms. The average Bonchev–Trinajstić information content (AvgIpc) is 3.06. The summed E-state index contributed by atoms with van der Waals surface area (Å²) in [5, 5.41) is 3.85. The van der Waals surface area contributed by atoms with Crippen molar-refractivity contribution in [3.8, 4) is 5.75 Å². The third kappa shape index (κ3) is 3.61. The molecular formula is C16H17N3O6. The van der Waals surface area contributed by atoms with E-state index in [0.717, 1.165) is 0 Å². The minimum Gasteiger partial charge on any atom is -0.478 e. The summed E-state index contributed by atoms with van der Waals surface area (Å²) in [4.78, 5) is 30.0. The fraction of sp³-hybridized carbons (Fsp3) is 0.375. The van der Waals surface area contributed by atoms with E-state index in [1.807, 2.05) is 0 Å². The van der Waals surface area contributed by atoms with Gasteiger partial charge in [0.1, 0.15) is 12.4 Å². The topological polar surface area (TPSA) is 104 Å². The van der Waals surface area contributed by atoms with Crippen LogP contribution in [0.1, 0.15) is 18.1 Å². The molecule has 0 saturated heterocycles. The number of para-hydroxylation sites is 2. The van der Waals surface area contributed by atoms with Gasteiger partial charge < -0.3 is 18.7 Å². The second-order valence-electron chi connectivity index (χ2n) is 5.32. The number of benzene rings is 1. The molecule has 0 radical (unpaired) electrons. The van der Waals surface area contributed by atoms with Crippen LogP contribution in [0, 0.1) is 0 Å². The lowest BCUT2D eigenvalue weighted by atomic mass is 10.1. The number of amides is 1. The average molecular weight is 347 g/mol. The predicted molar refractivity (Wildman–Crippen MR) is 83.7 cm³/mol. The molecule has 0 saturated carbocycles. The van der Waals surface area contributed by atoms with Gasteiger partial charge in [0.25, 0.3) is 11.8 Å². The van der Waals surface area contributed by atoms with Crippen LogP contribution in [0.25, 0.3) is 0 Å². The Morgan fingerprint density at radius 2 is 2.12 bits per heavy atom. The van der Waals surface area contributed by atoms with Gasteiger partial charge in [0.2, 0.25) is 0 Å². The molecule has 1 aliphatic heterocycles. The Balaban J connectivity index is 1.86. The maximum absolute atomic E-state index is 12.8. The number of aromatic nitrogens is 2. The number of carbonyl (C=O) groups is 2. The van der Waals surface area contributed by atoms with Gasteiger partial charge >= 0.3 is 5.97 Å².